The normalized spacial score (nSPS) is 10.4. The smallest absolute Gasteiger partial charge is 0.271 e. The van der Waals surface area contributed by atoms with Gasteiger partial charge in [-0.1, -0.05) is 23.2 Å². The van der Waals surface area contributed by atoms with E-state index in [0.29, 0.717) is 15.7 Å². The van der Waals surface area contributed by atoms with E-state index in [4.69, 9.17) is 23.2 Å². The predicted molar refractivity (Wildman–Crippen MR) is 56.4 cm³/mol. The SMILES string of the molecule is O=c1cc[nH]n1-c1ccc(Cl)cc1Cl. The van der Waals surface area contributed by atoms with E-state index < -0.39 is 0 Å². The minimum Gasteiger partial charge on any atom is -0.298 e. The van der Waals surface area contributed by atoms with E-state index in [1.165, 1.54) is 10.7 Å². The standard InChI is InChI=1S/C9H6Cl2N2O/c10-6-1-2-8(7(11)5-6)13-9(14)3-4-12-13/h1-5,12H. The molecule has 0 saturated heterocycles. The molecule has 0 amide bonds. The molecule has 2 aromatic rings. The molecule has 0 spiro atoms. The van der Waals surface area contributed by atoms with Gasteiger partial charge in [0.25, 0.3) is 5.56 Å². The molecule has 0 aliphatic carbocycles. The van der Waals surface area contributed by atoms with Crippen LogP contribution in [-0.2, 0) is 0 Å². The van der Waals surface area contributed by atoms with Crippen LogP contribution >= 0.6 is 23.2 Å². The zero-order valence-corrected chi connectivity index (χ0v) is 8.51. The van der Waals surface area contributed by atoms with E-state index >= 15 is 0 Å². The Hall–Kier alpha value is -1.19. The van der Waals surface area contributed by atoms with E-state index in [0.717, 1.165) is 0 Å². The van der Waals surface area contributed by atoms with Gasteiger partial charge in [0.2, 0.25) is 0 Å². The lowest BCUT2D eigenvalue weighted by atomic mass is 10.3. The Morgan fingerprint density at radius 3 is 2.57 bits per heavy atom. The molecular formula is C9H6Cl2N2O. The maximum Gasteiger partial charge on any atom is 0.271 e. The number of halogens is 2. The Balaban J connectivity index is 2.63. The van der Waals surface area contributed by atoms with Crippen molar-refractivity contribution in [3.05, 3.63) is 50.9 Å². The van der Waals surface area contributed by atoms with Crippen LogP contribution in [-0.4, -0.2) is 9.78 Å². The Morgan fingerprint density at radius 2 is 2.00 bits per heavy atom. The van der Waals surface area contributed by atoms with Crippen molar-refractivity contribution in [1.82, 2.24) is 9.78 Å². The zero-order chi connectivity index (χ0) is 10.1. The van der Waals surface area contributed by atoms with Gasteiger partial charge in [-0.25, -0.2) is 4.68 Å². The predicted octanol–water partition coefficient (Wildman–Crippen LogP) is 2.47. The maximum atomic E-state index is 11.3. The second-order valence-corrected chi connectivity index (χ2v) is 3.58. The molecule has 0 radical (unpaired) electrons. The summed E-state index contributed by atoms with van der Waals surface area (Å²) in [5, 5.41) is 3.73. The van der Waals surface area contributed by atoms with Crippen molar-refractivity contribution in [2.45, 2.75) is 0 Å². The number of nitrogens with zero attached hydrogens (tertiary/aromatic N) is 1. The van der Waals surface area contributed by atoms with E-state index in [9.17, 15) is 4.79 Å². The number of H-pyrrole nitrogens is 1. The summed E-state index contributed by atoms with van der Waals surface area (Å²) in [5.74, 6) is 0. The molecule has 0 saturated carbocycles. The summed E-state index contributed by atoms with van der Waals surface area (Å²) in [6.45, 7) is 0. The first-order chi connectivity index (χ1) is 6.68. The molecule has 0 unspecified atom stereocenters. The fraction of sp³-hybridized carbons (Fsp3) is 0. The second kappa shape index (κ2) is 3.52. The lowest BCUT2D eigenvalue weighted by molar-refractivity contribution is 0.849. The summed E-state index contributed by atoms with van der Waals surface area (Å²) in [6.07, 6.45) is 1.55. The minimum atomic E-state index is -0.158. The third-order valence-electron chi connectivity index (χ3n) is 1.80. The molecule has 1 aromatic heterocycles. The second-order valence-electron chi connectivity index (χ2n) is 2.73. The number of nitrogens with one attached hydrogen (secondary N) is 1. The van der Waals surface area contributed by atoms with Gasteiger partial charge in [-0.2, -0.15) is 0 Å². The van der Waals surface area contributed by atoms with E-state index in [1.54, 1.807) is 24.4 Å². The van der Waals surface area contributed by atoms with Crippen LogP contribution in [0.15, 0.2) is 35.3 Å². The van der Waals surface area contributed by atoms with Gasteiger partial charge in [-0.15, -0.1) is 0 Å². The highest BCUT2D eigenvalue weighted by molar-refractivity contribution is 6.35. The summed E-state index contributed by atoms with van der Waals surface area (Å²) < 4.78 is 1.35. The summed E-state index contributed by atoms with van der Waals surface area (Å²) in [4.78, 5) is 11.3. The van der Waals surface area contributed by atoms with Gasteiger partial charge in [0.1, 0.15) is 0 Å². The van der Waals surface area contributed by atoms with Gasteiger partial charge < -0.3 is 0 Å². The van der Waals surface area contributed by atoms with Crippen LogP contribution in [0.1, 0.15) is 0 Å². The number of hydrogen-bond acceptors (Lipinski definition) is 1. The van der Waals surface area contributed by atoms with E-state index in [-0.39, 0.29) is 5.56 Å². The Bertz CT molecular complexity index is 516. The fourth-order valence-electron chi connectivity index (χ4n) is 1.17. The average molecular weight is 229 g/mol. The number of hydrogen-bond donors (Lipinski definition) is 1. The number of aromatic nitrogens is 2. The zero-order valence-electron chi connectivity index (χ0n) is 7.00. The highest BCUT2D eigenvalue weighted by Gasteiger charge is 2.05. The highest BCUT2D eigenvalue weighted by atomic mass is 35.5. The van der Waals surface area contributed by atoms with Crippen molar-refractivity contribution in [3.63, 3.8) is 0 Å². The third kappa shape index (κ3) is 1.56. The molecule has 5 heteroatoms. The van der Waals surface area contributed by atoms with Crippen LogP contribution in [0, 0.1) is 0 Å². The van der Waals surface area contributed by atoms with Crippen molar-refractivity contribution in [1.29, 1.82) is 0 Å². The number of benzene rings is 1. The first kappa shape index (κ1) is 9.37. The number of aromatic amines is 1. The van der Waals surface area contributed by atoms with Gasteiger partial charge in [-0.05, 0) is 18.2 Å². The van der Waals surface area contributed by atoms with Crippen LogP contribution in [0.3, 0.4) is 0 Å². The van der Waals surface area contributed by atoms with E-state index in [2.05, 4.69) is 5.10 Å². The summed E-state index contributed by atoms with van der Waals surface area (Å²) in [6, 6.07) is 6.37. The van der Waals surface area contributed by atoms with Crippen LogP contribution in [0.4, 0.5) is 0 Å². The van der Waals surface area contributed by atoms with Crippen molar-refractivity contribution >= 4 is 23.2 Å². The minimum absolute atomic E-state index is 0.158. The van der Waals surface area contributed by atoms with Gasteiger partial charge in [0.05, 0.1) is 10.7 Å². The molecule has 0 bridgehead atoms. The van der Waals surface area contributed by atoms with Crippen LogP contribution in [0.2, 0.25) is 10.0 Å². The van der Waals surface area contributed by atoms with Gasteiger partial charge >= 0.3 is 0 Å². The van der Waals surface area contributed by atoms with Crippen molar-refractivity contribution in [2.24, 2.45) is 0 Å². The molecule has 0 fully saturated rings. The molecule has 14 heavy (non-hydrogen) atoms. The third-order valence-corrected chi connectivity index (χ3v) is 2.34. The summed E-state index contributed by atoms with van der Waals surface area (Å²) in [5.41, 5.74) is 0.431. The molecule has 3 nitrogen and oxygen atoms in total. The lowest BCUT2D eigenvalue weighted by Gasteiger charge is -2.03. The molecule has 72 valence electrons. The molecule has 0 aliphatic heterocycles. The molecular weight excluding hydrogens is 223 g/mol. The van der Waals surface area contributed by atoms with Crippen molar-refractivity contribution < 1.29 is 0 Å². The first-order valence-electron chi connectivity index (χ1n) is 3.90. The molecule has 1 aromatic carbocycles. The van der Waals surface area contributed by atoms with Gasteiger partial charge in [0, 0.05) is 17.3 Å². The molecule has 0 aliphatic rings. The molecule has 2 rings (SSSR count). The Labute approximate surface area is 89.9 Å². The topological polar surface area (TPSA) is 37.8 Å². The quantitative estimate of drug-likeness (QED) is 0.801. The van der Waals surface area contributed by atoms with Gasteiger partial charge in [-0.3, -0.25) is 9.89 Å². The number of rotatable bonds is 1. The van der Waals surface area contributed by atoms with Crippen LogP contribution in [0.25, 0.3) is 5.69 Å². The van der Waals surface area contributed by atoms with E-state index in [1.807, 2.05) is 0 Å². The first-order valence-corrected chi connectivity index (χ1v) is 4.66. The Morgan fingerprint density at radius 1 is 1.21 bits per heavy atom. The van der Waals surface area contributed by atoms with Crippen molar-refractivity contribution in [2.75, 3.05) is 0 Å². The largest absolute Gasteiger partial charge is 0.298 e. The molecule has 1 N–H and O–H groups in total. The molecule has 1 heterocycles. The summed E-state index contributed by atoms with van der Waals surface area (Å²) >= 11 is 11.7. The maximum absolute atomic E-state index is 11.3. The highest BCUT2D eigenvalue weighted by Crippen LogP contribution is 2.22. The average Bonchev–Trinajstić information content (AvgIpc) is 2.52. The fourth-order valence-corrected chi connectivity index (χ4v) is 1.67. The molecule has 0 atom stereocenters. The van der Waals surface area contributed by atoms with Crippen molar-refractivity contribution in [3.8, 4) is 5.69 Å². The summed E-state index contributed by atoms with van der Waals surface area (Å²) in [7, 11) is 0. The monoisotopic (exact) mass is 228 g/mol. The lowest BCUT2D eigenvalue weighted by Crippen LogP contribution is -2.13. The van der Waals surface area contributed by atoms with Crippen LogP contribution < -0.4 is 5.56 Å². The van der Waals surface area contributed by atoms with Gasteiger partial charge in [0.15, 0.2) is 0 Å². The van der Waals surface area contributed by atoms with Crippen LogP contribution in [0.5, 0.6) is 0 Å². The Kier molecular flexibility index (Phi) is 2.35.